The zero-order chi connectivity index (χ0) is 17.7. The molecule has 2 aromatic carbocycles. The Hall–Kier alpha value is -2.23. The number of nitrogens with zero attached hydrogens (tertiary/aromatic N) is 1. The van der Waals surface area contributed by atoms with Gasteiger partial charge >= 0.3 is 0 Å². The lowest BCUT2D eigenvalue weighted by atomic mass is 10.2. The number of anilines is 1. The zero-order valence-electron chi connectivity index (χ0n) is 12.2. The standard InChI is InChI=1S/C14H13ClFN3O4S/c15-10-2-1-3-12(8-10)24(22,23)18-7-6-17-13-9-11(16)4-5-14(13)19(20)21/h1-5,8-9,17-18H,6-7H2. The van der Waals surface area contributed by atoms with E-state index in [4.69, 9.17) is 11.6 Å². The Morgan fingerprint density at radius 3 is 2.58 bits per heavy atom. The van der Waals surface area contributed by atoms with Gasteiger partial charge in [-0.05, 0) is 24.3 Å². The van der Waals surface area contributed by atoms with E-state index in [0.29, 0.717) is 0 Å². The lowest BCUT2D eigenvalue weighted by Crippen LogP contribution is -2.29. The monoisotopic (exact) mass is 373 g/mol. The highest BCUT2D eigenvalue weighted by Gasteiger charge is 2.16. The third-order valence-corrected chi connectivity index (χ3v) is 4.69. The molecule has 0 saturated carbocycles. The molecule has 2 N–H and O–H groups in total. The van der Waals surface area contributed by atoms with Crippen molar-refractivity contribution < 1.29 is 17.7 Å². The van der Waals surface area contributed by atoms with Crippen LogP contribution in [0.25, 0.3) is 0 Å². The van der Waals surface area contributed by atoms with Crippen molar-refractivity contribution in [3.8, 4) is 0 Å². The van der Waals surface area contributed by atoms with Crippen molar-refractivity contribution in [3.05, 3.63) is 63.4 Å². The Morgan fingerprint density at radius 2 is 1.92 bits per heavy atom. The molecule has 10 heteroatoms. The van der Waals surface area contributed by atoms with Gasteiger partial charge in [0.15, 0.2) is 0 Å². The van der Waals surface area contributed by atoms with Crippen molar-refractivity contribution in [1.82, 2.24) is 4.72 Å². The lowest BCUT2D eigenvalue weighted by Gasteiger charge is -2.09. The van der Waals surface area contributed by atoms with Gasteiger partial charge in [-0.15, -0.1) is 0 Å². The molecule has 0 unspecified atom stereocenters. The van der Waals surface area contributed by atoms with E-state index >= 15 is 0 Å². The van der Waals surface area contributed by atoms with Crippen LogP contribution in [0.1, 0.15) is 0 Å². The molecule has 0 spiro atoms. The zero-order valence-corrected chi connectivity index (χ0v) is 13.8. The second kappa shape index (κ2) is 7.56. The van der Waals surface area contributed by atoms with E-state index in [0.717, 1.165) is 18.2 Å². The fourth-order valence-electron chi connectivity index (χ4n) is 1.91. The maximum atomic E-state index is 13.2. The second-order valence-electron chi connectivity index (χ2n) is 4.70. The number of nitro groups is 1. The van der Waals surface area contributed by atoms with Gasteiger partial charge in [0.05, 0.1) is 9.82 Å². The smallest absolute Gasteiger partial charge is 0.292 e. The van der Waals surface area contributed by atoms with Crippen LogP contribution in [0.15, 0.2) is 47.4 Å². The second-order valence-corrected chi connectivity index (χ2v) is 6.90. The van der Waals surface area contributed by atoms with Crippen LogP contribution in [0.4, 0.5) is 15.8 Å². The van der Waals surface area contributed by atoms with Gasteiger partial charge in [-0.25, -0.2) is 17.5 Å². The summed E-state index contributed by atoms with van der Waals surface area (Å²) in [7, 11) is -3.75. The molecule has 0 aromatic heterocycles. The number of sulfonamides is 1. The van der Waals surface area contributed by atoms with Crippen molar-refractivity contribution in [2.75, 3.05) is 18.4 Å². The van der Waals surface area contributed by atoms with Crippen molar-refractivity contribution in [2.45, 2.75) is 4.90 Å². The van der Waals surface area contributed by atoms with Crippen LogP contribution in [-0.4, -0.2) is 26.4 Å². The first kappa shape index (κ1) is 18.1. The summed E-state index contributed by atoms with van der Waals surface area (Å²) in [5, 5.41) is 13.8. The van der Waals surface area contributed by atoms with Gasteiger partial charge in [0, 0.05) is 30.2 Å². The number of hydrogen-bond acceptors (Lipinski definition) is 5. The minimum absolute atomic E-state index is 0.00624. The van der Waals surface area contributed by atoms with E-state index in [9.17, 15) is 22.9 Å². The number of rotatable bonds is 7. The topological polar surface area (TPSA) is 101 Å². The number of nitro benzene ring substituents is 1. The van der Waals surface area contributed by atoms with Gasteiger partial charge in [-0.2, -0.15) is 0 Å². The highest BCUT2D eigenvalue weighted by Crippen LogP contribution is 2.24. The van der Waals surface area contributed by atoms with Crippen molar-refractivity contribution >= 4 is 33.0 Å². The SMILES string of the molecule is O=[N+]([O-])c1ccc(F)cc1NCCNS(=O)(=O)c1cccc(Cl)c1. The number of nitrogens with one attached hydrogen (secondary N) is 2. The minimum Gasteiger partial charge on any atom is -0.378 e. The van der Waals surface area contributed by atoms with E-state index < -0.39 is 20.8 Å². The Kier molecular flexibility index (Phi) is 5.71. The average Bonchev–Trinajstić information content (AvgIpc) is 2.51. The number of hydrogen-bond donors (Lipinski definition) is 2. The summed E-state index contributed by atoms with van der Waals surface area (Å²) < 4.78 is 39.6. The first-order valence-electron chi connectivity index (χ1n) is 6.72. The number of benzene rings is 2. The van der Waals surface area contributed by atoms with Gasteiger partial charge in [0.1, 0.15) is 11.5 Å². The molecule has 2 aromatic rings. The Morgan fingerprint density at radius 1 is 1.17 bits per heavy atom. The largest absolute Gasteiger partial charge is 0.378 e. The third kappa shape index (κ3) is 4.63. The molecular weight excluding hydrogens is 361 g/mol. The molecule has 0 aliphatic carbocycles. The first-order valence-corrected chi connectivity index (χ1v) is 8.59. The third-order valence-electron chi connectivity index (χ3n) is 2.99. The molecule has 0 amide bonds. The predicted molar refractivity (Wildman–Crippen MR) is 88.2 cm³/mol. The van der Waals surface area contributed by atoms with Crippen LogP contribution >= 0.6 is 11.6 Å². The molecule has 2 rings (SSSR count). The normalized spacial score (nSPS) is 11.2. The van der Waals surface area contributed by atoms with Crippen LogP contribution in [0.3, 0.4) is 0 Å². The summed E-state index contributed by atoms with van der Waals surface area (Å²) in [6.45, 7) is -0.0212. The molecule has 0 heterocycles. The van der Waals surface area contributed by atoms with E-state index in [1.807, 2.05) is 0 Å². The summed E-state index contributed by atoms with van der Waals surface area (Å²) in [6, 6.07) is 8.73. The molecule has 128 valence electrons. The van der Waals surface area contributed by atoms with Gasteiger partial charge in [0.25, 0.3) is 5.69 Å². The first-order chi connectivity index (χ1) is 11.3. The van der Waals surface area contributed by atoms with Gasteiger partial charge < -0.3 is 5.32 Å². The average molecular weight is 374 g/mol. The quantitative estimate of drug-likeness (QED) is 0.441. The molecule has 0 saturated heterocycles. The van der Waals surface area contributed by atoms with Gasteiger partial charge in [0.2, 0.25) is 10.0 Å². The van der Waals surface area contributed by atoms with Crippen molar-refractivity contribution in [1.29, 1.82) is 0 Å². The molecule has 24 heavy (non-hydrogen) atoms. The van der Waals surface area contributed by atoms with Crippen LogP contribution in [-0.2, 0) is 10.0 Å². The van der Waals surface area contributed by atoms with Crippen molar-refractivity contribution in [3.63, 3.8) is 0 Å². The van der Waals surface area contributed by atoms with Gasteiger partial charge in [-0.3, -0.25) is 10.1 Å². The van der Waals surface area contributed by atoms with E-state index in [2.05, 4.69) is 10.0 Å². The molecule has 0 radical (unpaired) electrons. The molecule has 0 fully saturated rings. The summed E-state index contributed by atoms with van der Waals surface area (Å²) >= 11 is 5.75. The van der Waals surface area contributed by atoms with Crippen LogP contribution in [0.2, 0.25) is 5.02 Å². The van der Waals surface area contributed by atoms with E-state index in [1.54, 1.807) is 6.07 Å². The van der Waals surface area contributed by atoms with Crippen molar-refractivity contribution in [2.24, 2.45) is 0 Å². The molecule has 0 aliphatic heterocycles. The minimum atomic E-state index is -3.75. The maximum Gasteiger partial charge on any atom is 0.292 e. The Bertz CT molecular complexity index is 861. The summed E-state index contributed by atoms with van der Waals surface area (Å²) in [6.07, 6.45) is 0. The molecule has 0 bridgehead atoms. The van der Waals surface area contributed by atoms with Crippen LogP contribution in [0.5, 0.6) is 0 Å². The summed E-state index contributed by atoms with van der Waals surface area (Å²) in [5.41, 5.74) is -0.323. The highest BCUT2D eigenvalue weighted by atomic mass is 35.5. The molecule has 0 atom stereocenters. The van der Waals surface area contributed by atoms with Crippen LogP contribution < -0.4 is 10.0 Å². The summed E-state index contributed by atoms with van der Waals surface area (Å²) in [4.78, 5) is 10.2. The fourth-order valence-corrected chi connectivity index (χ4v) is 3.24. The fraction of sp³-hybridized carbons (Fsp3) is 0.143. The Balaban J connectivity index is 1.98. The lowest BCUT2D eigenvalue weighted by molar-refractivity contribution is -0.384. The van der Waals surface area contributed by atoms with Gasteiger partial charge in [-0.1, -0.05) is 17.7 Å². The highest BCUT2D eigenvalue weighted by molar-refractivity contribution is 7.89. The predicted octanol–water partition coefficient (Wildman–Crippen LogP) is 2.78. The Labute approximate surface area is 142 Å². The molecular formula is C14H13ClFN3O4S. The van der Waals surface area contributed by atoms with Crippen LogP contribution in [0, 0.1) is 15.9 Å². The van der Waals surface area contributed by atoms with E-state index in [-0.39, 0.29) is 34.4 Å². The molecule has 0 aliphatic rings. The van der Waals surface area contributed by atoms with E-state index in [1.165, 1.54) is 18.2 Å². The summed E-state index contributed by atoms with van der Waals surface area (Å²) in [5.74, 6) is -0.636. The number of halogens is 2. The molecule has 7 nitrogen and oxygen atoms in total. The maximum absolute atomic E-state index is 13.2.